The normalized spacial score (nSPS) is 18.6. The van der Waals surface area contributed by atoms with Crippen LogP contribution in [0.2, 0.25) is 0 Å². The molecule has 1 aliphatic heterocycles. The molecule has 2 aliphatic rings. The molecule has 1 N–H and O–H groups in total. The molecule has 0 amide bonds. The summed E-state index contributed by atoms with van der Waals surface area (Å²) in [4.78, 5) is 11.3. The lowest BCUT2D eigenvalue weighted by molar-refractivity contribution is -0.156. The maximum atomic E-state index is 14.5. The van der Waals surface area contributed by atoms with E-state index in [2.05, 4.69) is 0 Å². The van der Waals surface area contributed by atoms with E-state index in [0.29, 0.717) is 25.3 Å². The van der Waals surface area contributed by atoms with Gasteiger partial charge in [-0.15, -0.1) is 0 Å². The first kappa shape index (κ1) is 26.9. The van der Waals surface area contributed by atoms with Crippen LogP contribution in [0.15, 0.2) is 65.6 Å². The first-order chi connectivity index (χ1) is 18.3. The molecule has 12 heteroatoms. The average Bonchev–Trinajstić information content (AvgIpc) is 2.86. The van der Waals surface area contributed by atoms with Crippen LogP contribution in [0.4, 0.5) is 27.6 Å². The molecule has 0 spiro atoms. The Morgan fingerprint density at radius 2 is 1.79 bits per heavy atom. The minimum absolute atomic E-state index is 0.0159. The molecule has 0 aromatic heterocycles. The Hall–Kier alpha value is -3.67. The van der Waals surface area contributed by atoms with Crippen molar-refractivity contribution in [3.05, 3.63) is 77.9 Å². The number of carbonyl (C=O) groups is 1. The Labute approximate surface area is 220 Å². The summed E-state index contributed by atoms with van der Waals surface area (Å²) in [6.45, 7) is -0.393. The van der Waals surface area contributed by atoms with Gasteiger partial charge in [0, 0.05) is 12.0 Å². The Balaban J connectivity index is 1.61. The number of rotatable bonds is 6. The molecule has 3 aromatic rings. The van der Waals surface area contributed by atoms with Gasteiger partial charge in [0.2, 0.25) is 0 Å². The predicted octanol–water partition coefficient (Wildman–Crippen LogP) is 6.25. The topological polar surface area (TPSA) is 83.9 Å². The van der Waals surface area contributed by atoms with Gasteiger partial charge in [0.05, 0.1) is 28.1 Å². The fourth-order valence-electron chi connectivity index (χ4n) is 5.04. The largest absolute Gasteiger partial charge is 0.486 e. The minimum atomic E-state index is -4.79. The molecule has 0 unspecified atom stereocenters. The molecule has 3 aromatic carbocycles. The van der Waals surface area contributed by atoms with Gasteiger partial charge in [-0.1, -0.05) is 18.6 Å². The molecule has 1 aliphatic carbocycles. The lowest BCUT2D eigenvalue weighted by Gasteiger charge is -2.43. The second kappa shape index (κ2) is 9.51. The Morgan fingerprint density at radius 3 is 2.44 bits per heavy atom. The van der Waals surface area contributed by atoms with Crippen molar-refractivity contribution in [1.82, 2.24) is 0 Å². The van der Waals surface area contributed by atoms with E-state index in [1.54, 1.807) is 0 Å². The maximum Gasteiger partial charge on any atom is 0.416 e. The van der Waals surface area contributed by atoms with Crippen molar-refractivity contribution in [3.8, 4) is 16.9 Å². The summed E-state index contributed by atoms with van der Waals surface area (Å²) in [5.74, 6) is -2.52. The van der Waals surface area contributed by atoms with Crippen molar-refractivity contribution < 1.29 is 45.0 Å². The lowest BCUT2D eigenvalue weighted by Crippen LogP contribution is -2.49. The molecule has 1 atom stereocenters. The van der Waals surface area contributed by atoms with Crippen LogP contribution in [-0.4, -0.2) is 32.1 Å². The van der Waals surface area contributed by atoms with Crippen molar-refractivity contribution in [1.29, 1.82) is 0 Å². The van der Waals surface area contributed by atoms with Crippen LogP contribution in [0, 0.1) is 17.0 Å². The van der Waals surface area contributed by atoms with E-state index >= 15 is 0 Å². The number of ether oxygens (including phenoxy) is 1. The van der Waals surface area contributed by atoms with E-state index in [9.17, 15) is 40.3 Å². The highest BCUT2D eigenvalue weighted by atomic mass is 32.2. The number of hydrogen-bond donors (Lipinski definition) is 1. The quantitative estimate of drug-likeness (QED) is 0.356. The van der Waals surface area contributed by atoms with Gasteiger partial charge < -0.3 is 9.84 Å². The number of halogens is 5. The van der Waals surface area contributed by atoms with Crippen molar-refractivity contribution in [2.24, 2.45) is 5.41 Å². The Kier molecular flexibility index (Phi) is 6.56. The van der Waals surface area contributed by atoms with Gasteiger partial charge in [-0.05, 0) is 66.9 Å². The third kappa shape index (κ3) is 4.93. The monoisotopic (exact) mass is 567 g/mol. The van der Waals surface area contributed by atoms with Gasteiger partial charge in [0.1, 0.15) is 23.5 Å². The predicted molar refractivity (Wildman–Crippen MR) is 131 cm³/mol. The molecule has 39 heavy (non-hydrogen) atoms. The van der Waals surface area contributed by atoms with Crippen molar-refractivity contribution >= 4 is 21.7 Å². The third-order valence-electron chi connectivity index (χ3n) is 7.26. The number of aliphatic carboxylic acids is 1. The standard InChI is InChI=1S/C27H22F5NO5S/c28-18-6-7-22(29)21(13-18)16-5-8-24-23(11-16)33(15-19(38-24)14-26(25(34)35)9-2-10-26)39(36,37)20-4-1-3-17(12-20)27(30,31)32/h1,3-8,11-13,19H,2,9-10,14-15H2,(H,34,35)/t19-/m1/s1. The smallest absolute Gasteiger partial charge is 0.416 e. The highest BCUT2D eigenvalue weighted by molar-refractivity contribution is 7.92. The summed E-state index contributed by atoms with van der Waals surface area (Å²) < 4.78 is 103. The van der Waals surface area contributed by atoms with E-state index in [1.165, 1.54) is 18.2 Å². The van der Waals surface area contributed by atoms with Crippen molar-refractivity contribution in [3.63, 3.8) is 0 Å². The Bertz CT molecular complexity index is 1550. The molecule has 206 valence electrons. The van der Waals surface area contributed by atoms with Crippen LogP contribution in [0.1, 0.15) is 31.2 Å². The molecule has 6 nitrogen and oxygen atoms in total. The summed E-state index contributed by atoms with van der Waals surface area (Å²) >= 11 is 0. The number of hydrogen-bond acceptors (Lipinski definition) is 4. The summed E-state index contributed by atoms with van der Waals surface area (Å²) in [5.41, 5.74) is -2.40. The molecule has 0 radical (unpaired) electrons. The zero-order valence-corrected chi connectivity index (χ0v) is 21.0. The van der Waals surface area contributed by atoms with E-state index in [4.69, 9.17) is 4.74 Å². The molecule has 1 heterocycles. The van der Waals surface area contributed by atoms with Gasteiger partial charge >= 0.3 is 12.1 Å². The maximum absolute atomic E-state index is 14.5. The average molecular weight is 568 g/mol. The van der Waals surface area contributed by atoms with E-state index in [-0.39, 0.29) is 29.0 Å². The van der Waals surface area contributed by atoms with E-state index in [1.807, 2.05) is 0 Å². The third-order valence-corrected chi connectivity index (χ3v) is 9.04. The second-order valence-electron chi connectivity index (χ2n) is 9.75. The first-order valence-electron chi connectivity index (χ1n) is 12.0. The van der Waals surface area contributed by atoms with Crippen LogP contribution in [0.25, 0.3) is 11.1 Å². The number of alkyl halides is 3. The summed E-state index contributed by atoms with van der Waals surface area (Å²) in [6.07, 6.45) is -4.29. The van der Waals surface area contributed by atoms with Crippen LogP contribution in [-0.2, 0) is 21.0 Å². The minimum Gasteiger partial charge on any atom is -0.486 e. The number of anilines is 1. The van der Waals surface area contributed by atoms with Crippen LogP contribution < -0.4 is 9.04 Å². The van der Waals surface area contributed by atoms with Gasteiger partial charge in [0.25, 0.3) is 10.0 Å². The number of carboxylic acid groups (broad SMARTS) is 1. The molecule has 0 saturated heterocycles. The molecule has 5 rings (SSSR count). The number of sulfonamides is 1. The number of benzene rings is 3. The Morgan fingerprint density at radius 1 is 1.05 bits per heavy atom. The number of nitrogens with zero attached hydrogens (tertiary/aromatic N) is 1. The van der Waals surface area contributed by atoms with Crippen molar-refractivity contribution in [2.75, 3.05) is 10.8 Å². The molecule has 1 saturated carbocycles. The highest BCUT2D eigenvalue weighted by Gasteiger charge is 2.48. The zero-order valence-electron chi connectivity index (χ0n) is 20.2. The van der Waals surface area contributed by atoms with Gasteiger partial charge in [0.15, 0.2) is 0 Å². The summed E-state index contributed by atoms with van der Waals surface area (Å²) in [7, 11) is -4.63. The number of fused-ring (bicyclic) bond motifs is 1. The van der Waals surface area contributed by atoms with Gasteiger partial charge in [-0.25, -0.2) is 17.2 Å². The highest BCUT2D eigenvalue weighted by Crippen LogP contribution is 2.48. The molecule has 1 fully saturated rings. The molecular formula is C27H22F5NO5S. The van der Waals surface area contributed by atoms with Crippen LogP contribution in [0.3, 0.4) is 0 Å². The lowest BCUT2D eigenvalue weighted by atomic mass is 9.65. The van der Waals surface area contributed by atoms with E-state index in [0.717, 1.165) is 40.7 Å². The second-order valence-corrected chi connectivity index (χ2v) is 11.6. The number of carboxylic acids is 1. The molecule has 0 bridgehead atoms. The van der Waals surface area contributed by atoms with Crippen molar-refractivity contribution in [2.45, 2.75) is 42.9 Å². The summed E-state index contributed by atoms with van der Waals surface area (Å²) in [6, 6.07) is 10.0. The fraction of sp³-hybridized carbons (Fsp3) is 0.296. The summed E-state index contributed by atoms with van der Waals surface area (Å²) in [5, 5.41) is 9.77. The SMILES string of the molecule is O=C(O)C1(C[C@@H]2CN(S(=O)(=O)c3cccc(C(F)(F)F)c3)c3cc(-c4cc(F)ccc4F)ccc3O2)CCC1. The van der Waals surface area contributed by atoms with Crippen LogP contribution in [0.5, 0.6) is 5.75 Å². The van der Waals surface area contributed by atoms with Gasteiger partial charge in [-0.3, -0.25) is 9.10 Å². The van der Waals surface area contributed by atoms with E-state index < -0.39 is 62.3 Å². The van der Waals surface area contributed by atoms with Gasteiger partial charge in [-0.2, -0.15) is 13.2 Å². The fourth-order valence-corrected chi connectivity index (χ4v) is 6.58. The zero-order chi connectivity index (χ0) is 28.2. The first-order valence-corrected chi connectivity index (χ1v) is 13.4. The van der Waals surface area contributed by atoms with Crippen LogP contribution >= 0.6 is 0 Å². The molecular weight excluding hydrogens is 545 g/mol.